The van der Waals surface area contributed by atoms with Crippen LogP contribution < -0.4 is 4.74 Å². The number of hydrogen-bond acceptors (Lipinski definition) is 3. The van der Waals surface area contributed by atoms with Gasteiger partial charge in [-0.1, -0.05) is 24.6 Å². The third-order valence-electron chi connectivity index (χ3n) is 4.82. The predicted octanol–water partition coefficient (Wildman–Crippen LogP) is 4.00. The molecule has 4 nitrogen and oxygen atoms in total. The molecular formula is C20H21F2NO3. The maximum Gasteiger partial charge on any atom is 0.320 e. The second-order valence-corrected chi connectivity index (χ2v) is 6.44. The lowest BCUT2D eigenvalue weighted by Gasteiger charge is -2.39. The van der Waals surface area contributed by atoms with E-state index in [2.05, 4.69) is 0 Å². The van der Waals surface area contributed by atoms with E-state index >= 15 is 0 Å². The fourth-order valence-electron chi connectivity index (χ4n) is 3.63. The molecule has 0 aromatic heterocycles. The fraction of sp³-hybridized carbons (Fsp3) is 0.350. The number of halogens is 2. The van der Waals surface area contributed by atoms with Crippen LogP contribution in [0.15, 0.2) is 42.5 Å². The molecule has 0 bridgehead atoms. The van der Waals surface area contributed by atoms with Crippen LogP contribution >= 0.6 is 0 Å². The van der Waals surface area contributed by atoms with E-state index in [1.165, 1.54) is 31.4 Å². The van der Waals surface area contributed by atoms with Crippen molar-refractivity contribution >= 4 is 5.97 Å². The monoisotopic (exact) mass is 361 g/mol. The molecule has 0 radical (unpaired) electrons. The Kier molecular flexibility index (Phi) is 5.52. The predicted molar refractivity (Wildman–Crippen MR) is 93.2 cm³/mol. The molecule has 26 heavy (non-hydrogen) atoms. The summed E-state index contributed by atoms with van der Waals surface area (Å²) in [5.41, 5.74) is 1.17. The Morgan fingerprint density at radius 1 is 1.19 bits per heavy atom. The molecule has 1 aliphatic rings. The number of carboxylic acids is 1. The molecule has 2 aromatic rings. The number of rotatable bonds is 5. The first-order valence-electron chi connectivity index (χ1n) is 8.58. The molecule has 1 saturated heterocycles. The Labute approximate surface area is 151 Å². The Morgan fingerprint density at radius 2 is 1.96 bits per heavy atom. The molecule has 2 aromatic carbocycles. The van der Waals surface area contributed by atoms with Crippen molar-refractivity contribution in [1.29, 1.82) is 0 Å². The number of carbonyl (C=O) groups is 1. The van der Waals surface area contributed by atoms with E-state index in [0.29, 0.717) is 24.1 Å². The number of carboxylic acid groups (broad SMARTS) is 1. The Balaban J connectivity index is 2.10. The molecule has 1 aliphatic heterocycles. The van der Waals surface area contributed by atoms with Gasteiger partial charge in [0.2, 0.25) is 0 Å². The van der Waals surface area contributed by atoms with Gasteiger partial charge in [-0.2, -0.15) is 0 Å². The van der Waals surface area contributed by atoms with Crippen LogP contribution in [0, 0.1) is 11.6 Å². The number of nitrogens with zero attached hydrogens (tertiary/aromatic N) is 1. The molecule has 6 heteroatoms. The maximum atomic E-state index is 14.3. The zero-order valence-corrected chi connectivity index (χ0v) is 14.5. The van der Waals surface area contributed by atoms with E-state index in [-0.39, 0.29) is 5.75 Å². The Morgan fingerprint density at radius 3 is 2.62 bits per heavy atom. The van der Waals surface area contributed by atoms with Gasteiger partial charge < -0.3 is 9.84 Å². The number of ether oxygens (including phenoxy) is 1. The average Bonchev–Trinajstić information content (AvgIpc) is 2.62. The van der Waals surface area contributed by atoms with E-state index in [0.717, 1.165) is 12.8 Å². The van der Waals surface area contributed by atoms with Crippen molar-refractivity contribution in [3.05, 3.63) is 65.2 Å². The summed E-state index contributed by atoms with van der Waals surface area (Å²) < 4.78 is 33.1. The van der Waals surface area contributed by atoms with Crippen molar-refractivity contribution in [1.82, 2.24) is 4.90 Å². The van der Waals surface area contributed by atoms with Gasteiger partial charge in [-0.15, -0.1) is 0 Å². The first kappa shape index (κ1) is 18.3. The summed E-state index contributed by atoms with van der Waals surface area (Å²) in [5.74, 6) is -1.75. The molecule has 1 heterocycles. The molecule has 0 saturated carbocycles. The molecule has 2 unspecified atom stereocenters. The van der Waals surface area contributed by atoms with Gasteiger partial charge in [0.05, 0.1) is 13.2 Å². The zero-order chi connectivity index (χ0) is 18.7. The van der Waals surface area contributed by atoms with E-state index in [1.807, 2.05) is 4.90 Å². The Bertz CT molecular complexity index is 796. The molecule has 1 N–H and O–H groups in total. The summed E-state index contributed by atoms with van der Waals surface area (Å²) >= 11 is 0. The summed E-state index contributed by atoms with van der Waals surface area (Å²) in [5, 5.41) is 9.63. The standard InChI is InChI=1S/C20H21F2NO3/c1-26-18-9-8-14(12-16(18)22)19(13-5-4-6-15(21)11-13)23-10-3-2-7-17(23)20(24)25/h4-6,8-9,11-12,17,19H,2-3,7,10H2,1H3,(H,24,25). The molecule has 0 amide bonds. The van der Waals surface area contributed by atoms with E-state index in [9.17, 15) is 18.7 Å². The summed E-state index contributed by atoms with van der Waals surface area (Å²) in [4.78, 5) is 13.6. The highest BCUT2D eigenvalue weighted by atomic mass is 19.1. The summed E-state index contributed by atoms with van der Waals surface area (Å²) in [6, 6.07) is 9.33. The Hall–Kier alpha value is -2.47. The number of aliphatic carboxylic acids is 1. The zero-order valence-electron chi connectivity index (χ0n) is 14.5. The highest BCUT2D eigenvalue weighted by molar-refractivity contribution is 5.73. The van der Waals surface area contributed by atoms with Crippen LogP contribution in [0.4, 0.5) is 8.78 Å². The van der Waals surface area contributed by atoms with Crippen LogP contribution in [0.2, 0.25) is 0 Å². The average molecular weight is 361 g/mol. The normalized spacial score (nSPS) is 19.1. The van der Waals surface area contributed by atoms with Crippen LogP contribution in [0.3, 0.4) is 0 Å². The van der Waals surface area contributed by atoms with Crippen LogP contribution in [0.25, 0.3) is 0 Å². The summed E-state index contributed by atoms with van der Waals surface area (Å²) in [6.45, 7) is 0.547. The van der Waals surface area contributed by atoms with Gasteiger partial charge in [0.1, 0.15) is 11.9 Å². The van der Waals surface area contributed by atoms with Gasteiger partial charge in [-0.05, 0) is 54.8 Å². The molecular weight excluding hydrogens is 340 g/mol. The van der Waals surface area contributed by atoms with Gasteiger partial charge >= 0.3 is 5.97 Å². The quantitative estimate of drug-likeness (QED) is 0.875. The van der Waals surface area contributed by atoms with Gasteiger partial charge in [0.25, 0.3) is 0 Å². The largest absolute Gasteiger partial charge is 0.494 e. The second kappa shape index (κ2) is 7.83. The summed E-state index contributed by atoms with van der Waals surface area (Å²) in [6.07, 6.45) is 2.17. The van der Waals surface area contributed by atoms with Gasteiger partial charge in [-0.3, -0.25) is 9.69 Å². The molecule has 3 rings (SSSR count). The number of hydrogen-bond donors (Lipinski definition) is 1. The minimum absolute atomic E-state index is 0.111. The molecule has 138 valence electrons. The number of piperidine rings is 1. The lowest BCUT2D eigenvalue weighted by atomic mass is 9.91. The van der Waals surface area contributed by atoms with Crippen LogP contribution in [-0.4, -0.2) is 35.7 Å². The minimum Gasteiger partial charge on any atom is -0.494 e. The van der Waals surface area contributed by atoms with E-state index in [1.54, 1.807) is 18.2 Å². The molecule has 0 spiro atoms. The van der Waals surface area contributed by atoms with Gasteiger partial charge in [0.15, 0.2) is 11.6 Å². The maximum absolute atomic E-state index is 14.3. The van der Waals surface area contributed by atoms with Crippen molar-refractivity contribution in [2.24, 2.45) is 0 Å². The fourth-order valence-corrected chi connectivity index (χ4v) is 3.63. The first-order valence-corrected chi connectivity index (χ1v) is 8.58. The highest BCUT2D eigenvalue weighted by Gasteiger charge is 2.35. The van der Waals surface area contributed by atoms with Crippen molar-refractivity contribution < 1.29 is 23.4 Å². The van der Waals surface area contributed by atoms with Gasteiger partial charge in [-0.25, -0.2) is 8.78 Å². The van der Waals surface area contributed by atoms with E-state index in [4.69, 9.17) is 4.74 Å². The minimum atomic E-state index is -0.917. The third-order valence-corrected chi connectivity index (χ3v) is 4.82. The van der Waals surface area contributed by atoms with Crippen LogP contribution in [0.1, 0.15) is 36.4 Å². The number of likely N-dealkylation sites (tertiary alicyclic amines) is 1. The number of benzene rings is 2. The van der Waals surface area contributed by atoms with E-state index < -0.39 is 29.7 Å². The SMILES string of the molecule is COc1ccc(C(c2cccc(F)c2)N2CCCCC2C(=O)O)cc1F. The lowest BCUT2D eigenvalue weighted by molar-refractivity contribution is -0.145. The van der Waals surface area contributed by atoms with Crippen molar-refractivity contribution in [2.45, 2.75) is 31.3 Å². The van der Waals surface area contributed by atoms with Crippen molar-refractivity contribution in [3.8, 4) is 5.75 Å². The molecule has 0 aliphatic carbocycles. The molecule has 2 atom stereocenters. The third kappa shape index (κ3) is 3.70. The van der Waals surface area contributed by atoms with Crippen molar-refractivity contribution in [3.63, 3.8) is 0 Å². The van der Waals surface area contributed by atoms with Gasteiger partial charge in [0, 0.05) is 0 Å². The smallest absolute Gasteiger partial charge is 0.320 e. The second-order valence-electron chi connectivity index (χ2n) is 6.44. The first-order chi connectivity index (χ1) is 12.5. The summed E-state index contributed by atoms with van der Waals surface area (Å²) in [7, 11) is 1.38. The van der Waals surface area contributed by atoms with Crippen LogP contribution in [-0.2, 0) is 4.79 Å². The lowest BCUT2D eigenvalue weighted by Crippen LogP contribution is -2.46. The molecule has 1 fully saturated rings. The van der Waals surface area contributed by atoms with Crippen LogP contribution in [0.5, 0.6) is 5.75 Å². The topological polar surface area (TPSA) is 49.8 Å². The van der Waals surface area contributed by atoms with Crippen molar-refractivity contribution in [2.75, 3.05) is 13.7 Å². The highest BCUT2D eigenvalue weighted by Crippen LogP contribution is 2.36. The number of methoxy groups -OCH3 is 1.